The van der Waals surface area contributed by atoms with Gasteiger partial charge in [0.05, 0.1) is 12.8 Å². The molecule has 0 spiro atoms. The van der Waals surface area contributed by atoms with Crippen molar-refractivity contribution < 1.29 is 9.53 Å². The first-order valence-corrected chi connectivity index (χ1v) is 6.72. The highest BCUT2D eigenvalue weighted by atomic mass is 16.5. The molecule has 3 rings (SSSR count). The second-order valence-corrected chi connectivity index (χ2v) is 5.06. The molecule has 2 aromatic rings. The zero-order chi connectivity index (χ0) is 14.1. The lowest BCUT2D eigenvalue weighted by Gasteiger charge is -2.16. The van der Waals surface area contributed by atoms with E-state index in [1.165, 1.54) is 0 Å². The largest absolute Gasteiger partial charge is 0.477 e. The quantitative estimate of drug-likeness (QED) is 0.913. The lowest BCUT2D eigenvalue weighted by Crippen LogP contribution is -2.18. The third-order valence-corrected chi connectivity index (χ3v) is 3.43. The van der Waals surface area contributed by atoms with Crippen LogP contribution in [0.15, 0.2) is 24.4 Å². The van der Waals surface area contributed by atoms with Gasteiger partial charge in [0.25, 0.3) is 5.91 Å². The van der Waals surface area contributed by atoms with Gasteiger partial charge < -0.3 is 10.1 Å². The van der Waals surface area contributed by atoms with Crippen LogP contribution in [0.4, 0.5) is 5.69 Å². The van der Waals surface area contributed by atoms with Crippen molar-refractivity contribution in [3.05, 3.63) is 41.1 Å². The van der Waals surface area contributed by atoms with E-state index in [0.29, 0.717) is 18.1 Å². The Bertz CT molecular complexity index is 661. The van der Waals surface area contributed by atoms with Crippen LogP contribution >= 0.6 is 0 Å². The Morgan fingerprint density at radius 2 is 2.25 bits per heavy atom. The molecule has 1 aromatic carbocycles. The minimum atomic E-state index is -0.179. The van der Waals surface area contributed by atoms with E-state index in [1.807, 2.05) is 32.0 Å². The highest BCUT2D eigenvalue weighted by Gasteiger charge is 2.21. The Morgan fingerprint density at radius 3 is 3.10 bits per heavy atom. The summed E-state index contributed by atoms with van der Waals surface area (Å²) in [5.74, 6) is 0.390. The first kappa shape index (κ1) is 12.7. The van der Waals surface area contributed by atoms with Gasteiger partial charge in [-0.25, -0.2) is 4.68 Å². The van der Waals surface area contributed by atoms with Crippen molar-refractivity contribution in [2.45, 2.75) is 26.8 Å². The number of rotatable bonds is 2. The molecular formula is C15H17N3O2. The summed E-state index contributed by atoms with van der Waals surface area (Å²) in [5, 5.41) is 7.12. The fourth-order valence-electron chi connectivity index (χ4n) is 2.28. The smallest absolute Gasteiger partial charge is 0.262 e. The fraction of sp³-hybridized carbons (Fsp3) is 0.333. The summed E-state index contributed by atoms with van der Waals surface area (Å²) in [5.41, 5.74) is 3.46. The van der Waals surface area contributed by atoms with Crippen LogP contribution in [-0.2, 0) is 6.54 Å². The second kappa shape index (κ2) is 5.00. The number of aromatic nitrogens is 2. The maximum absolute atomic E-state index is 12.4. The first-order chi connectivity index (χ1) is 9.65. The molecule has 1 aromatic heterocycles. The maximum atomic E-state index is 12.4. The standard InChI is InChI=1S/C15H17N3O2/c1-10-4-5-11(2)13(8-10)17-14(19)12-9-16-18-6-3-7-20-15(12)18/h4-5,8-9H,3,6-7H2,1-2H3,(H,17,19). The van der Waals surface area contributed by atoms with Crippen LogP contribution < -0.4 is 10.1 Å². The Morgan fingerprint density at radius 1 is 1.40 bits per heavy atom. The van der Waals surface area contributed by atoms with E-state index < -0.39 is 0 Å². The van der Waals surface area contributed by atoms with Gasteiger partial charge in [-0.3, -0.25) is 4.79 Å². The summed E-state index contributed by atoms with van der Waals surface area (Å²) in [6, 6.07) is 5.98. The molecule has 5 heteroatoms. The third kappa shape index (κ3) is 2.27. The lowest BCUT2D eigenvalue weighted by atomic mass is 10.1. The normalized spacial score (nSPS) is 13.5. The van der Waals surface area contributed by atoms with Crippen LogP contribution in [0.5, 0.6) is 5.88 Å². The average molecular weight is 271 g/mol. The fourth-order valence-corrected chi connectivity index (χ4v) is 2.28. The lowest BCUT2D eigenvalue weighted by molar-refractivity contribution is 0.102. The molecule has 1 aliphatic heterocycles. The number of nitrogens with one attached hydrogen (secondary N) is 1. The number of aryl methyl sites for hydroxylation is 3. The van der Waals surface area contributed by atoms with Crippen molar-refractivity contribution in [2.24, 2.45) is 0 Å². The summed E-state index contributed by atoms with van der Waals surface area (Å²) in [6.07, 6.45) is 2.49. The molecule has 0 saturated heterocycles. The van der Waals surface area contributed by atoms with E-state index in [2.05, 4.69) is 10.4 Å². The molecule has 1 N–H and O–H groups in total. The van der Waals surface area contributed by atoms with Crippen molar-refractivity contribution in [1.29, 1.82) is 0 Å². The van der Waals surface area contributed by atoms with E-state index in [4.69, 9.17) is 4.74 Å². The Kier molecular flexibility index (Phi) is 3.18. The molecule has 0 radical (unpaired) electrons. The van der Waals surface area contributed by atoms with E-state index in [1.54, 1.807) is 10.9 Å². The predicted octanol–water partition coefficient (Wildman–Crippen LogP) is 2.53. The molecule has 2 heterocycles. The van der Waals surface area contributed by atoms with Crippen molar-refractivity contribution in [1.82, 2.24) is 9.78 Å². The van der Waals surface area contributed by atoms with Crippen molar-refractivity contribution in [3.8, 4) is 5.88 Å². The zero-order valence-corrected chi connectivity index (χ0v) is 11.6. The van der Waals surface area contributed by atoms with E-state index in [9.17, 15) is 4.79 Å². The number of hydrogen-bond acceptors (Lipinski definition) is 3. The number of carbonyl (C=O) groups is 1. The highest BCUT2D eigenvalue weighted by molar-refractivity contribution is 6.06. The van der Waals surface area contributed by atoms with Gasteiger partial charge in [0.15, 0.2) is 0 Å². The minimum Gasteiger partial charge on any atom is -0.477 e. The Labute approximate surface area is 117 Å². The minimum absolute atomic E-state index is 0.179. The van der Waals surface area contributed by atoms with Crippen LogP contribution in [0.2, 0.25) is 0 Å². The third-order valence-electron chi connectivity index (χ3n) is 3.43. The number of hydrogen-bond donors (Lipinski definition) is 1. The first-order valence-electron chi connectivity index (χ1n) is 6.72. The molecule has 1 amide bonds. The predicted molar refractivity (Wildman–Crippen MR) is 76.2 cm³/mol. The molecule has 20 heavy (non-hydrogen) atoms. The molecule has 104 valence electrons. The van der Waals surface area contributed by atoms with Crippen LogP contribution in [0.1, 0.15) is 27.9 Å². The number of carbonyl (C=O) groups excluding carboxylic acids is 1. The van der Waals surface area contributed by atoms with Crippen LogP contribution in [0.3, 0.4) is 0 Å². The molecule has 0 atom stereocenters. The van der Waals surface area contributed by atoms with Gasteiger partial charge in [-0.2, -0.15) is 5.10 Å². The van der Waals surface area contributed by atoms with Gasteiger partial charge in [-0.1, -0.05) is 12.1 Å². The molecule has 1 aliphatic rings. The number of fused-ring (bicyclic) bond motifs is 1. The number of ether oxygens (including phenoxy) is 1. The van der Waals surface area contributed by atoms with Gasteiger partial charge in [0.1, 0.15) is 5.56 Å². The summed E-state index contributed by atoms with van der Waals surface area (Å²) in [4.78, 5) is 12.4. The number of amides is 1. The summed E-state index contributed by atoms with van der Waals surface area (Å²) >= 11 is 0. The Hall–Kier alpha value is -2.30. The average Bonchev–Trinajstić information content (AvgIpc) is 2.87. The van der Waals surface area contributed by atoms with E-state index in [-0.39, 0.29) is 5.91 Å². The highest BCUT2D eigenvalue weighted by Crippen LogP contribution is 2.24. The molecule has 0 saturated carbocycles. The van der Waals surface area contributed by atoms with Crippen LogP contribution in [0.25, 0.3) is 0 Å². The van der Waals surface area contributed by atoms with Gasteiger partial charge in [-0.15, -0.1) is 0 Å². The zero-order valence-electron chi connectivity index (χ0n) is 11.6. The SMILES string of the molecule is Cc1ccc(C)c(NC(=O)c2cnn3c2OCCC3)c1. The molecule has 0 unspecified atom stereocenters. The van der Waals surface area contributed by atoms with E-state index >= 15 is 0 Å². The van der Waals surface area contributed by atoms with Gasteiger partial charge >= 0.3 is 0 Å². The summed E-state index contributed by atoms with van der Waals surface area (Å²) in [6.45, 7) is 5.40. The molecule has 0 fully saturated rings. The second-order valence-electron chi connectivity index (χ2n) is 5.06. The monoisotopic (exact) mass is 271 g/mol. The van der Waals surface area contributed by atoms with Crippen molar-refractivity contribution in [3.63, 3.8) is 0 Å². The van der Waals surface area contributed by atoms with Crippen molar-refractivity contribution in [2.75, 3.05) is 11.9 Å². The Balaban J connectivity index is 1.86. The van der Waals surface area contributed by atoms with E-state index in [0.717, 1.165) is 29.8 Å². The number of anilines is 1. The molecular weight excluding hydrogens is 254 g/mol. The van der Waals surface area contributed by atoms with Crippen LogP contribution in [0, 0.1) is 13.8 Å². The molecule has 5 nitrogen and oxygen atoms in total. The molecule has 0 bridgehead atoms. The van der Waals surface area contributed by atoms with Gasteiger partial charge in [0.2, 0.25) is 5.88 Å². The summed E-state index contributed by atoms with van der Waals surface area (Å²) in [7, 11) is 0. The topological polar surface area (TPSA) is 56.2 Å². The van der Waals surface area contributed by atoms with Gasteiger partial charge in [-0.05, 0) is 31.0 Å². The maximum Gasteiger partial charge on any atom is 0.262 e. The van der Waals surface area contributed by atoms with Crippen molar-refractivity contribution >= 4 is 11.6 Å². The summed E-state index contributed by atoms with van der Waals surface area (Å²) < 4.78 is 7.28. The van der Waals surface area contributed by atoms with Crippen LogP contribution in [-0.4, -0.2) is 22.3 Å². The number of benzene rings is 1. The molecule has 0 aliphatic carbocycles. The number of nitrogens with zero attached hydrogens (tertiary/aromatic N) is 2. The van der Waals surface area contributed by atoms with Gasteiger partial charge in [0, 0.05) is 18.7 Å².